The zero-order valence-electron chi connectivity index (χ0n) is 15.8. The summed E-state index contributed by atoms with van der Waals surface area (Å²) in [5.74, 6) is 1.15. The molecule has 0 saturated carbocycles. The van der Waals surface area contributed by atoms with E-state index in [1.165, 1.54) is 6.92 Å². The molecule has 27 heavy (non-hydrogen) atoms. The van der Waals surface area contributed by atoms with Crippen molar-refractivity contribution in [3.05, 3.63) is 59.2 Å². The molecule has 140 valence electrons. The molecule has 3 rings (SSSR count). The van der Waals surface area contributed by atoms with E-state index in [-0.39, 0.29) is 11.7 Å². The number of amides is 1. The second kappa shape index (κ2) is 8.08. The first-order valence-corrected chi connectivity index (χ1v) is 8.89. The maximum Gasteiger partial charge on any atom is 0.250 e. The van der Waals surface area contributed by atoms with Crippen LogP contribution >= 0.6 is 0 Å². The molecule has 0 spiro atoms. The Bertz CT molecular complexity index is 901. The Hall–Kier alpha value is -3.08. The number of ether oxygens (including phenoxy) is 2. The van der Waals surface area contributed by atoms with E-state index in [9.17, 15) is 9.59 Å². The molecule has 0 bridgehead atoms. The van der Waals surface area contributed by atoms with Gasteiger partial charge >= 0.3 is 0 Å². The minimum Gasteiger partial charge on any atom is -0.493 e. The van der Waals surface area contributed by atoms with Crippen LogP contribution in [0.5, 0.6) is 11.5 Å². The highest BCUT2D eigenvalue weighted by atomic mass is 16.5. The number of fused-ring (bicyclic) bond motifs is 1. The Balaban J connectivity index is 1.84. The molecule has 0 aromatic heterocycles. The number of benzene rings is 2. The van der Waals surface area contributed by atoms with Crippen LogP contribution in [0.1, 0.15) is 34.8 Å². The van der Waals surface area contributed by atoms with Crippen LogP contribution < -0.4 is 14.4 Å². The summed E-state index contributed by atoms with van der Waals surface area (Å²) in [7, 11) is 3.16. The van der Waals surface area contributed by atoms with Crippen LogP contribution in [0.2, 0.25) is 0 Å². The van der Waals surface area contributed by atoms with Crippen LogP contribution in [0, 0.1) is 0 Å². The quantitative estimate of drug-likeness (QED) is 0.596. The molecule has 0 saturated heterocycles. The van der Waals surface area contributed by atoms with E-state index in [4.69, 9.17) is 9.47 Å². The number of hydrogen-bond donors (Lipinski definition) is 0. The van der Waals surface area contributed by atoms with Gasteiger partial charge in [0.2, 0.25) is 0 Å². The highest BCUT2D eigenvalue weighted by Crippen LogP contribution is 2.30. The Morgan fingerprint density at radius 2 is 1.81 bits per heavy atom. The third-order valence-corrected chi connectivity index (χ3v) is 4.70. The zero-order valence-corrected chi connectivity index (χ0v) is 15.8. The SMILES string of the molecule is COc1ccc(/C=C/C(=O)N2CCCc3ccc(C(C)=O)cc32)cc1OC. The van der Waals surface area contributed by atoms with Gasteiger partial charge < -0.3 is 14.4 Å². The van der Waals surface area contributed by atoms with Crippen LogP contribution in [0.25, 0.3) is 6.08 Å². The molecule has 1 aliphatic heterocycles. The van der Waals surface area contributed by atoms with Crippen molar-refractivity contribution in [3.8, 4) is 11.5 Å². The molecule has 0 atom stereocenters. The molecule has 0 aliphatic carbocycles. The third kappa shape index (κ3) is 4.03. The van der Waals surface area contributed by atoms with Crippen molar-refractivity contribution in [2.45, 2.75) is 19.8 Å². The van der Waals surface area contributed by atoms with E-state index in [1.54, 1.807) is 37.3 Å². The Morgan fingerprint density at radius 1 is 1.04 bits per heavy atom. The number of methoxy groups -OCH3 is 2. The predicted molar refractivity (Wildman–Crippen MR) is 106 cm³/mol. The van der Waals surface area contributed by atoms with Crippen molar-refractivity contribution < 1.29 is 19.1 Å². The summed E-state index contributed by atoms with van der Waals surface area (Å²) < 4.78 is 10.5. The summed E-state index contributed by atoms with van der Waals surface area (Å²) in [6.45, 7) is 2.18. The lowest BCUT2D eigenvalue weighted by molar-refractivity contribution is -0.114. The highest BCUT2D eigenvalue weighted by molar-refractivity contribution is 6.05. The number of nitrogens with zero attached hydrogens (tertiary/aromatic N) is 1. The zero-order chi connectivity index (χ0) is 19.4. The van der Waals surface area contributed by atoms with Crippen molar-refractivity contribution >= 4 is 23.5 Å². The van der Waals surface area contributed by atoms with Gasteiger partial charge in [-0.2, -0.15) is 0 Å². The average Bonchev–Trinajstić information content (AvgIpc) is 2.70. The Morgan fingerprint density at radius 3 is 2.52 bits per heavy atom. The summed E-state index contributed by atoms with van der Waals surface area (Å²) in [6, 6.07) is 11.1. The molecular formula is C22H23NO4. The Labute approximate surface area is 159 Å². The normalized spacial score (nSPS) is 13.4. The molecule has 2 aromatic carbocycles. The van der Waals surface area contributed by atoms with E-state index in [1.807, 2.05) is 30.3 Å². The van der Waals surface area contributed by atoms with Crippen LogP contribution in [0.4, 0.5) is 5.69 Å². The summed E-state index contributed by atoms with van der Waals surface area (Å²) in [5, 5.41) is 0. The molecule has 2 aromatic rings. The highest BCUT2D eigenvalue weighted by Gasteiger charge is 2.22. The second-order valence-electron chi connectivity index (χ2n) is 6.44. The number of Topliss-reactive ketones (excluding diaryl/α,β-unsaturated/α-hetero) is 1. The van der Waals surface area contributed by atoms with Gasteiger partial charge in [0.15, 0.2) is 17.3 Å². The van der Waals surface area contributed by atoms with Crippen molar-refractivity contribution in [3.63, 3.8) is 0 Å². The van der Waals surface area contributed by atoms with Crippen molar-refractivity contribution in [2.24, 2.45) is 0 Å². The first-order chi connectivity index (χ1) is 13.0. The molecule has 0 radical (unpaired) electrons. The molecule has 1 heterocycles. The van der Waals surface area contributed by atoms with Crippen LogP contribution in [-0.4, -0.2) is 32.5 Å². The summed E-state index contributed by atoms with van der Waals surface area (Å²) in [6.07, 6.45) is 5.13. The van der Waals surface area contributed by atoms with Gasteiger partial charge in [0.1, 0.15) is 0 Å². The molecule has 0 unspecified atom stereocenters. The lowest BCUT2D eigenvalue weighted by atomic mass is 9.98. The lowest BCUT2D eigenvalue weighted by Crippen LogP contribution is -2.34. The molecule has 0 N–H and O–H groups in total. The molecule has 1 amide bonds. The number of ketones is 1. The molecule has 5 heteroatoms. The van der Waals surface area contributed by atoms with Gasteiger partial charge in [-0.25, -0.2) is 0 Å². The molecule has 1 aliphatic rings. The van der Waals surface area contributed by atoms with E-state index in [0.717, 1.165) is 29.7 Å². The number of rotatable bonds is 5. The first-order valence-electron chi connectivity index (χ1n) is 8.89. The van der Waals surface area contributed by atoms with Crippen molar-refractivity contribution in [1.82, 2.24) is 0 Å². The van der Waals surface area contributed by atoms with E-state index in [0.29, 0.717) is 23.6 Å². The fraction of sp³-hybridized carbons (Fsp3) is 0.273. The first kappa shape index (κ1) is 18.7. The van der Waals surface area contributed by atoms with Gasteiger partial charge in [-0.1, -0.05) is 18.2 Å². The fourth-order valence-electron chi connectivity index (χ4n) is 3.24. The fourth-order valence-corrected chi connectivity index (χ4v) is 3.24. The maximum absolute atomic E-state index is 12.8. The van der Waals surface area contributed by atoms with Crippen LogP contribution in [-0.2, 0) is 11.2 Å². The largest absolute Gasteiger partial charge is 0.493 e. The predicted octanol–water partition coefficient (Wildman–Crippen LogP) is 3.90. The average molecular weight is 365 g/mol. The van der Waals surface area contributed by atoms with Gasteiger partial charge in [-0.3, -0.25) is 9.59 Å². The van der Waals surface area contributed by atoms with Crippen LogP contribution in [0.3, 0.4) is 0 Å². The van der Waals surface area contributed by atoms with Gasteiger partial charge in [0.25, 0.3) is 5.91 Å². The van der Waals surface area contributed by atoms with E-state index >= 15 is 0 Å². The summed E-state index contributed by atoms with van der Waals surface area (Å²) in [5.41, 5.74) is 3.39. The van der Waals surface area contributed by atoms with E-state index in [2.05, 4.69) is 0 Å². The second-order valence-corrected chi connectivity index (χ2v) is 6.44. The Kier molecular flexibility index (Phi) is 5.60. The third-order valence-electron chi connectivity index (χ3n) is 4.70. The number of hydrogen-bond acceptors (Lipinski definition) is 4. The minimum absolute atomic E-state index is 0.00311. The number of aryl methyl sites for hydroxylation is 1. The number of carbonyl (C=O) groups excluding carboxylic acids is 2. The van der Waals surface area contributed by atoms with E-state index < -0.39 is 0 Å². The standard InChI is InChI=1S/C22H23NO4/c1-15(24)18-9-8-17-5-4-12-23(19(17)14-18)22(25)11-7-16-6-10-20(26-2)21(13-16)27-3/h6-11,13-14H,4-5,12H2,1-3H3/b11-7+. The summed E-state index contributed by atoms with van der Waals surface area (Å²) >= 11 is 0. The minimum atomic E-state index is -0.105. The molecule has 0 fully saturated rings. The van der Waals surface area contributed by atoms with Gasteiger partial charge in [0, 0.05) is 23.9 Å². The monoisotopic (exact) mass is 365 g/mol. The molecular weight excluding hydrogens is 342 g/mol. The number of carbonyl (C=O) groups is 2. The van der Waals surface area contributed by atoms with Crippen molar-refractivity contribution in [2.75, 3.05) is 25.7 Å². The van der Waals surface area contributed by atoms with Gasteiger partial charge in [-0.05, 0) is 55.2 Å². The number of anilines is 1. The molecule has 5 nitrogen and oxygen atoms in total. The van der Waals surface area contributed by atoms with Crippen LogP contribution in [0.15, 0.2) is 42.5 Å². The summed E-state index contributed by atoms with van der Waals surface area (Å²) in [4.78, 5) is 26.2. The van der Waals surface area contributed by atoms with Crippen molar-refractivity contribution in [1.29, 1.82) is 0 Å². The van der Waals surface area contributed by atoms with Gasteiger partial charge in [-0.15, -0.1) is 0 Å². The lowest BCUT2D eigenvalue weighted by Gasteiger charge is -2.29. The van der Waals surface area contributed by atoms with Gasteiger partial charge in [0.05, 0.1) is 14.2 Å². The smallest absolute Gasteiger partial charge is 0.250 e. The topological polar surface area (TPSA) is 55.8 Å². The maximum atomic E-state index is 12.8.